The predicted molar refractivity (Wildman–Crippen MR) is 103 cm³/mol. The smallest absolute Gasteiger partial charge is 0.332 e. The van der Waals surface area contributed by atoms with E-state index in [-0.39, 0.29) is 29.2 Å². The first-order valence-corrected chi connectivity index (χ1v) is 8.66. The van der Waals surface area contributed by atoms with E-state index in [0.717, 1.165) is 10.1 Å². The summed E-state index contributed by atoms with van der Waals surface area (Å²) in [5, 5.41) is 15.4. The van der Waals surface area contributed by atoms with Crippen LogP contribution in [0.25, 0.3) is 5.70 Å². The molecule has 1 heterocycles. The Morgan fingerprint density at radius 3 is 2.52 bits per heavy atom. The van der Waals surface area contributed by atoms with Gasteiger partial charge in [0.15, 0.2) is 0 Å². The molecular formula is C19H23FN4O3. The van der Waals surface area contributed by atoms with Gasteiger partial charge >= 0.3 is 5.69 Å². The van der Waals surface area contributed by atoms with Gasteiger partial charge in [-0.05, 0) is 37.5 Å². The maximum Gasteiger partial charge on any atom is 0.332 e. The number of aliphatic hydroxyl groups excluding tert-OH is 1. The average Bonchev–Trinajstić information content (AvgIpc) is 2.58. The third kappa shape index (κ3) is 3.52. The Morgan fingerprint density at radius 2 is 1.93 bits per heavy atom. The summed E-state index contributed by atoms with van der Waals surface area (Å²) >= 11 is 0. The summed E-state index contributed by atoms with van der Waals surface area (Å²) in [5.41, 5.74) is 0.304. The zero-order valence-electron chi connectivity index (χ0n) is 15.5. The summed E-state index contributed by atoms with van der Waals surface area (Å²) in [6.45, 7) is 5.70. The molecule has 3 N–H and O–H groups in total. The average molecular weight is 374 g/mol. The molecule has 3 rings (SSSR count). The van der Waals surface area contributed by atoms with Gasteiger partial charge in [-0.3, -0.25) is 13.9 Å². The van der Waals surface area contributed by atoms with Crippen LogP contribution in [0.15, 0.2) is 34.4 Å². The van der Waals surface area contributed by atoms with E-state index in [9.17, 15) is 19.1 Å². The molecule has 1 aliphatic carbocycles. The van der Waals surface area contributed by atoms with E-state index < -0.39 is 17.1 Å². The predicted octanol–water partition coefficient (Wildman–Crippen LogP) is 1.36. The molecule has 1 aromatic heterocycles. The van der Waals surface area contributed by atoms with Crippen LogP contribution >= 0.6 is 0 Å². The van der Waals surface area contributed by atoms with Gasteiger partial charge in [-0.2, -0.15) is 0 Å². The quantitative estimate of drug-likeness (QED) is 0.736. The van der Waals surface area contributed by atoms with Crippen molar-refractivity contribution in [1.29, 1.82) is 0 Å². The first kappa shape index (κ1) is 18.9. The van der Waals surface area contributed by atoms with Gasteiger partial charge in [0.1, 0.15) is 17.2 Å². The molecule has 7 nitrogen and oxygen atoms in total. The van der Waals surface area contributed by atoms with Gasteiger partial charge in [-0.25, -0.2) is 9.18 Å². The molecule has 1 aromatic carbocycles. The largest absolute Gasteiger partial charge is 0.393 e. The topological polar surface area (TPSA) is 88.3 Å². The minimum absolute atomic E-state index is 0.00148. The van der Waals surface area contributed by atoms with Crippen molar-refractivity contribution >= 4 is 17.2 Å². The molecule has 1 aliphatic rings. The molecule has 8 heteroatoms. The molecule has 144 valence electrons. The molecule has 2 aromatic rings. The SMILES string of the molecule is C=C(NC1CC(O)C1)c1c(Nc2ccc(C)cc2F)n(C)c(=O)n(C)c1=O. The molecule has 27 heavy (non-hydrogen) atoms. The number of nitrogens with one attached hydrogen (secondary N) is 2. The number of aromatic nitrogens is 2. The van der Waals surface area contributed by atoms with Crippen LogP contribution in [0, 0.1) is 12.7 Å². The molecule has 1 saturated carbocycles. The third-order valence-corrected chi connectivity index (χ3v) is 4.84. The Bertz CT molecular complexity index is 1020. The van der Waals surface area contributed by atoms with Crippen LogP contribution in [-0.4, -0.2) is 26.4 Å². The van der Waals surface area contributed by atoms with Crippen molar-refractivity contribution < 1.29 is 9.50 Å². The molecule has 0 aliphatic heterocycles. The van der Waals surface area contributed by atoms with E-state index >= 15 is 0 Å². The summed E-state index contributed by atoms with van der Waals surface area (Å²) in [6, 6.07) is 4.64. The van der Waals surface area contributed by atoms with Crippen molar-refractivity contribution in [3.63, 3.8) is 0 Å². The van der Waals surface area contributed by atoms with Crippen molar-refractivity contribution in [2.75, 3.05) is 5.32 Å². The van der Waals surface area contributed by atoms with Crippen LogP contribution in [0.1, 0.15) is 24.0 Å². The van der Waals surface area contributed by atoms with E-state index in [2.05, 4.69) is 17.2 Å². The second kappa shape index (κ2) is 7.03. The number of halogens is 1. The van der Waals surface area contributed by atoms with Gasteiger partial charge in [-0.1, -0.05) is 12.6 Å². The van der Waals surface area contributed by atoms with Crippen molar-refractivity contribution in [2.24, 2.45) is 14.1 Å². The second-order valence-corrected chi connectivity index (χ2v) is 6.98. The summed E-state index contributed by atoms with van der Waals surface area (Å²) < 4.78 is 16.5. The monoisotopic (exact) mass is 374 g/mol. The summed E-state index contributed by atoms with van der Waals surface area (Å²) in [6.07, 6.45) is 0.749. The molecule has 0 unspecified atom stereocenters. The Labute approximate surface area is 155 Å². The molecular weight excluding hydrogens is 351 g/mol. The lowest BCUT2D eigenvalue weighted by Gasteiger charge is -2.33. The Morgan fingerprint density at radius 1 is 1.26 bits per heavy atom. The molecule has 0 amide bonds. The summed E-state index contributed by atoms with van der Waals surface area (Å²) in [5.74, 6) is -0.335. The molecule has 0 bridgehead atoms. The molecule has 0 saturated heterocycles. The number of aliphatic hydroxyl groups is 1. The number of benzene rings is 1. The highest BCUT2D eigenvalue weighted by molar-refractivity contribution is 5.75. The van der Waals surface area contributed by atoms with Crippen LogP contribution in [-0.2, 0) is 14.1 Å². The van der Waals surface area contributed by atoms with E-state index in [1.165, 1.54) is 24.7 Å². The van der Waals surface area contributed by atoms with Crippen LogP contribution in [0.3, 0.4) is 0 Å². The number of rotatable bonds is 5. The van der Waals surface area contributed by atoms with Crippen LogP contribution in [0.2, 0.25) is 0 Å². The van der Waals surface area contributed by atoms with E-state index in [4.69, 9.17) is 0 Å². The van der Waals surface area contributed by atoms with E-state index in [1.54, 1.807) is 19.1 Å². The highest BCUT2D eigenvalue weighted by Crippen LogP contribution is 2.26. The normalized spacial score (nSPS) is 18.7. The molecule has 0 atom stereocenters. The number of anilines is 2. The second-order valence-electron chi connectivity index (χ2n) is 6.98. The fourth-order valence-electron chi connectivity index (χ4n) is 3.14. The fraction of sp³-hybridized carbons (Fsp3) is 0.368. The number of nitrogens with zero attached hydrogens (tertiary/aromatic N) is 2. The van der Waals surface area contributed by atoms with Crippen LogP contribution in [0.5, 0.6) is 0 Å². The molecule has 0 radical (unpaired) electrons. The Balaban J connectivity index is 2.07. The zero-order chi connectivity index (χ0) is 19.9. The van der Waals surface area contributed by atoms with Crippen LogP contribution in [0.4, 0.5) is 15.9 Å². The van der Waals surface area contributed by atoms with Gasteiger partial charge < -0.3 is 15.7 Å². The molecule has 1 fully saturated rings. The summed E-state index contributed by atoms with van der Waals surface area (Å²) in [7, 11) is 2.88. The van der Waals surface area contributed by atoms with E-state index in [1.807, 2.05) is 0 Å². The van der Waals surface area contributed by atoms with Gasteiger partial charge in [0, 0.05) is 25.8 Å². The van der Waals surface area contributed by atoms with Gasteiger partial charge in [0.05, 0.1) is 11.8 Å². The lowest BCUT2D eigenvalue weighted by atomic mass is 9.89. The zero-order valence-corrected chi connectivity index (χ0v) is 15.5. The first-order valence-electron chi connectivity index (χ1n) is 8.66. The third-order valence-electron chi connectivity index (χ3n) is 4.84. The van der Waals surface area contributed by atoms with Gasteiger partial charge in [0.25, 0.3) is 5.56 Å². The van der Waals surface area contributed by atoms with E-state index in [0.29, 0.717) is 18.5 Å². The fourth-order valence-corrected chi connectivity index (χ4v) is 3.14. The number of hydrogen-bond donors (Lipinski definition) is 3. The van der Waals surface area contributed by atoms with Crippen molar-refractivity contribution in [3.8, 4) is 0 Å². The standard InChI is InChI=1S/C19H23FN4O3/c1-10-5-6-15(14(20)7-10)22-17-16(11(2)21-12-8-13(25)9-12)18(26)24(4)19(27)23(17)3/h5-7,12-13,21-22,25H,2,8-9H2,1,3-4H3. The lowest BCUT2D eigenvalue weighted by Crippen LogP contribution is -2.45. The van der Waals surface area contributed by atoms with Gasteiger partial charge in [0.2, 0.25) is 0 Å². The minimum Gasteiger partial charge on any atom is -0.393 e. The molecule has 0 spiro atoms. The highest BCUT2D eigenvalue weighted by atomic mass is 19.1. The van der Waals surface area contributed by atoms with Crippen LogP contribution < -0.4 is 21.9 Å². The Hall–Kier alpha value is -2.87. The van der Waals surface area contributed by atoms with Crippen molar-refractivity contribution in [3.05, 3.63) is 62.6 Å². The number of aryl methyl sites for hydroxylation is 1. The maximum atomic E-state index is 14.3. The first-order chi connectivity index (χ1) is 12.7. The van der Waals surface area contributed by atoms with Crippen molar-refractivity contribution in [2.45, 2.75) is 31.9 Å². The van der Waals surface area contributed by atoms with Crippen molar-refractivity contribution in [1.82, 2.24) is 14.5 Å². The lowest BCUT2D eigenvalue weighted by molar-refractivity contribution is 0.0689. The summed E-state index contributed by atoms with van der Waals surface area (Å²) in [4.78, 5) is 25.1. The maximum absolute atomic E-state index is 14.3. The number of hydrogen-bond acceptors (Lipinski definition) is 5. The highest BCUT2D eigenvalue weighted by Gasteiger charge is 2.29. The Kier molecular flexibility index (Phi) is 4.93. The van der Waals surface area contributed by atoms with Gasteiger partial charge in [-0.15, -0.1) is 0 Å². The minimum atomic E-state index is -0.537.